The molecular weight excluding hydrogens is 210 g/mol. The first-order chi connectivity index (χ1) is 8.31. The van der Waals surface area contributed by atoms with E-state index in [1.807, 2.05) is 6.07 Å². The first-order valence-electron chi connectivity index (χ1n) is 6.79. The van der Waals surface area contributed by atoms with Crippen molar-refractivity contribution in [3.63, 3.8) is 0 Å². The van der Waals surface area contributed by atoms with Crippen LogP contribution in [0.5, 0.6) is 5.75 Å². The minimum absolute atomic E-state index is 0.612. The van der Waals surface area contributed by atoms with Gasteiger partial charge in [0.15, 0.2) is 0 Å². The SMILES string of the molecule is CCCOc1ccccc1NC1CCCC1C. The summed E-state index contributed by atoms with van der Waals surface area (Å²) in [5.74, 6) is 1.77. The summed E-state index contributed by atoms with van der Waals surface area (Å²) < 4.78 is 5.77. The number of nitrogens with one attached hydrogen (secondary N) is 1. The molecular formula is C15H23NO. The van der Waals surface area contributed by atoms with Crippen LogP contribution in [0.1, 0.15) is 39.5 Å². The molecule has 1 aliphatic carbocycles. The molecule has 0 spiro atoms. The molecule has 0 saturated heterocycles. The molecule has 2 rings (SSSR count). The van der Waals surface area contributed by atoms with E-state index in [9.17, 15) is 0 Å². The molecule has 1 aromatic rings. The number of ether oxygens (including phenoxy) is 1. The normalized spacial score (nSPS) is 23.6. The largest absolute Gasteiger partial charge is 0.491 e. The Balaban J connectivity index is 2.03. The van der Waals surface area contributed by atoms with Crippen molar-refractivity contribution in [2.45, 2.75) is 45.6 Å². The summed E-state index contributed by atoms with van der Waals surface area (Å²) >= 11 is 0. The molecule has 1 aromatic carbocycles. The predicted molar refractivity (Wildman–Crippen MR) is 72.7 cm³/mol. The van der Waals surface area contributed by atoms with Crippen LogP contribution < -0.4 is 10.1 Å². The van der Waals surface area contributed by atoms with Gasteiger partial charge < -0.3 is 10.1 Å². The highest BCUT2D eigenvalue weighted by atomic mass is 16.5. The monoisotopic (exact) mass is 233 g/mol. The van der Waals surface area contributed by atoms with Crippen molar-refractivity contribution in [2.75, 3.05) is 11.9 Å². The van der Waals surface area contributed by atoms with Crippen LogP contribution in [0.15, 0.2) is 24.3 Å². The van der Waals surface area contributed by atoms with Gasteiger partial charge in [0, 0.05) is 6.04 Å². The molecule has 0 bridgehead atoms. The molecule has 2 unspecified atom stereocenters. The summed E-state index contributed by atoms with van der Waals surface area (Å²) in [6.45, 7) is 5.26. The van der Waals surface area contributed by atoms with Crippen molar-refractivity contribution >= 4 is 5.69 Å². The lowest BCUT2D eigenvalue weighted by Gasteiger charge is -2.20. The van der Waals surface area contributed by atoms with Gasteiger partial charge in [-0.15, -0.1) is 0 Å². The van der Waals surface area contributed by atoms with Crippen molar-refractivity contribution in [1.29, 1.82) is 0 Å². The minimum Gasteiger partial charge on any atom is -0.491 e. The Morgan fingerprint density at radius 1 is 1.29 bits per heavy atom. The molecule has 2 atom stereocenters. The van der Waals surface area contributed by atoms with Crippen LogP contribution in [0.4, 0.5) is 5.69 Å². The fourth-order valence-electron chi connectivity index (χ4n) is 2.48. The highest BCUT2D eigenvalue weighted by Gasteiger charge is 2.23. The maximum Gasteiger partial charge on any atom is 0.142 e. The highest BCUT2D eigenvalue weighted by Crippen LogP contribution is 2.31. The lowest BCUT2D eigenvalue weighted by atomic mass is 10.1. The summed E-state index contributed by atoms with van der Waals surface area (Å²) in [5.41, 5.74) is 1.15. The quantitative estimate of drug-likeness (QED) is 0.827. The van der Waals surface area contributed by atoms with Gasteiger partial charge in [-0.1, -0.05) is 32.4 Å². The molecule has 2 nitrogen and oxygen atoms in total. The molecule has 1 fully saturated rings. The van der Waals surface area contributed by atoms with Crippen LogP contribution >= 0.6 is 0 Å². The van der Waals surface area contributed by atoms with E-state index in [4.69, 9.17) is 4.74 Å². The van der Waals surface area contributed by atoms with E-state index in [-0.39, 0.29) is 0 Å². The van der Waals surface area contributed by atoms with Crippen LogP contribution in [0, 0.1) is 5.92 Å². The fourth-order valence-corrected chi connectivity index (χ4v) is 2.48. The van der Waals surface area contributed by atoms with Gasteiger partial charge in [0.25, 0.3) is 0 Å². The Bertz CT molecular complexity index is 351. The maximum absolute atomic E-state index is 5.77. The number of anilines is 1. The van der Waals surface area contributed by atoms with Crippen LogP contribution in [-0.2, 0) is 0 Å². The molecule has 1 N–H and O–H groups in total. The second kappa shape index (κ2) is 5.95. The van der Waals surface area contributed by atoms with E-state index in [1.165, 1.54) is 19.3 Å². The summed E-state index contributed by atoms with van der Waals surface area (Å²) in [6, 6.07) is 8.89. The first-order valence-corrected chi connectivity index (χ1v) is 6.79. The second-order valence-electron chi connectivity index (χ2n) is 5.00. The number of rotatable bonds is 5. The van der Waals surface area contributed by atoms with Crippen LogP contribution in [0.25, 0.3) is 0 Å². The van der Waals surface area contributed by atoms with E-state index in [0.717, 1.165) is 30.4 Å². The lowest BCUT2D eigenvalue weighted by Crippen LogP contribution is -2.22. The van der Waals surface area contributed by atoms with Crippen molar-refractivity contribution in [3.05, 3.63) is 24.3 Å². The molecule has 2 heteroatoms. The Morgan fingerprint density at radius 2 is 2.12 bits per heavy atom. The van der Waals surface area contributed by atoms with Crippen LogP contribution in [0.2, 0.25) is 0 Å². The first kappa shape index (κ1) is 12.3. The van der Waals surface area contributed by atoms with Gasteiger partial charge >= 0.3 is 0 Å². The number of hydrogen-bond acceptors (Lipinski definition) is 2. The van der Waals surface area contributed by atoms with E-state index in [2.05, 4.69) is 37.4 Å². The molecule has 0 radical (unpaired) electrons. The second-order valence-corrected chi connectivity index (χ2v) is 5.00. The Kier molecular flexibility index (Phi) is 4.29. The van der Waals surface area contributed by atoms with Crippen LogP contribution in [-0.4, -0.2) is 12.6 Å². The lowest BCUT2D eigenvalue weighted by molar-refractivity contribution is 0.318. The van der Waals surface area contributed by atoms with Gasteiger partial charge in [-0.3, -0.25) is 0 Å². The van der Waals surface area contributed by atoms with Gasteiger partial charge in [0.1, 0.15) is 5.75 Å². The standard InChI is InChI=1S/C15H23NO/c1-3-11-17-15-10-5-4-8-14(15)16-13-9-6-7-12(13)2/h4-5,8,10,12-13,16H,3,6-7,9,11H2,1-2H3. The highest BCUT2D eigenvalue weighted by molar-refractivity contribution is 5.56. The average Bonchev–Trinajstić information content (AvgIpc) is 2.74. The Hall–Kier alpha value is -1.18. The number of para-hydroxylation sites is 2. The molecule has 0 amide bonds. The van der Waals surface area contributed by atoms with E-state index >= 15 is 0 Å². The Labute approximate surface area is 104 Å². The van der Waals surface area contributed by atoms with Gasteiger partial charge in [0.05, 0.1) is 12.3 Å². The summed E-state index contributed by atoms with van der Waals surface area (Å²) in [7, 11) is 0. The zero-order valence-corrected chi connectivity index (χ0v) is 10.9. The minimum atomic E-state index is 0.612. The third kappa shape index (κ3) is 3.15. The van der Waals surface area contributed by atoms with Gasteiger partial charge in [0.2, 0.25) is 0 Å². The molecule has 17 heavy (non-hydrogen) atoms. The zero-order chi connectivity index (χ0) is 12.1. The molecule has 94 valence electrons. The molecule has 1 saturated carbocycles. The molecule has 0 heterocycles. The Morgan fingerprint density at radius 3 is 2.82 bits per heavy atom. The van der Waals surface area contributed by atoms with Gasteiger partial charge in [-0.2, -0.15) is 0 Å². The number of benzene rings is 1. The van der Waals surface area contributed by atoms with E-state index in [1.54, 1.807) is 0 Å². The predicted octanol–water partition coefficient (Wildman–Crippen LogP) is 4.08. The molecule has 0 aliphatic heterocycles. The van der Waals surface area contributed by atoms with Crippen molar-refractivity contribution < 1.29 is 4.74 Å². The fraction of sp³-hybridized carbons (Fsp3) is 0.600. The van der Waals surface area contributed by atoms with Gasteiger partial charge in [-0.05, 0) is 37.3 Å². The summed E-state index contributed by atoms with van der Waals surface area (Å²) in [4.78, 5) is 0. The third-order valence-electron chi connectivity index (χ3n) is 3.55. The summed E-state index contributed by atoms with van der Waals surface area (Å²) in [6.07, 6.45) is 5.02. The van der Waals surface area contributed by atoms with Crippen LogP contribution in [0.3, 0.4) is 0 Å². The average molecular weight is 233 g/mol. The van der Waals surface area contributed by atoms with E-state index in [0.29, 0.717) is 6.04 Å². The summed E-state index contributed by atoms with van der Waals surface area (Å²) in [5, 5.41) is 3.64. The van der Waals surface area contributed by atoms with Gasteiger partial charge in [-0.25, -0.2) is 0 Å². The van der Waals surface area contributed by atoms with Crippen molar-refractivity contribution in [3.8, 4) is 5.75 Å². The van der Waals surface area contributed by atoms with Crippen molar-refractivity contribution in [2.24, 2.45) is 5.92 Å². The maximum atomic E-state index is 5.77. The van der Waals surface area contributed by atoms with E-state index < -0.39 is 0 Å². The number of hydrogen-bond donors (Lipinski definition) is 1. The molecule has 0 aromatic heterocycles. The topological polar surface area (TPSA) is 21.3 Å². The smallest absolute Gasteiger partial charge is 0.142 e. The zero-order valence-electron chi connectivity index (χ0n) is 10.9. The van der Waals surface area contributed by atoms with Crippen molar-refractivity contribution in [1.82, 2.24) is 0 Å². The molecule has 1 aliphatic rings. The third-order valence-corrected chi connectivity index (χ3v) is 3.55.